The Balaban J connectivity index is 1.79. The van der Waals surface area contributed by atoms with Crippen molar-refractivity contribution in [3.8, 4) is 0 Å². The predicted octanol–water partition coefficient (Wildman–Crippen LogP) is 1.74. The van der Waals surface area contributed by atoms with Gasteiger partial charge in [-0.1, -0.05) is 30.3 Å². The van der Waals surface area contributed by atoms with Crippen LogP contribution in [0.3, 0.4) is 0 Å². The van der Waals surface area contributed by atoms with E-state index in [1.54, 1.807) is 6.08 Å². The van der Waals surface area contributed by atoms with Crippen LogP contribution in [0.5, 0.6) is 0 Å². The summed E-state index contributed by atoms with van der Waals surface area (Å²) >= 11 is 0. The number of nitrogens with zero attached hydrogens (tertiary/aromatic N) is 1. The summed E-state index contributed by atoms with van der Waals surface area (Å²) in [6, 6.07) is 8.55. The summed E-state index contributed by atoms with van der Waals surface area (Å²) in [7, 11) is 0. The number of amides is 1. The third kappa shape index (κ3) is 3.44. The van der Waals surface area contributed by atoms with Gasteiger partial charge in [-0.3, -0.25) is 9.69 Å². The Labute approximate surface area is 108 Å². The minimum atomic E-state index is 0.105. The topological polar surface area (TPSA) is 32.3 Å². The lowest BCUT2D eigenvalue weighted by Gasteiger charge is -2.28. The van der Waals surface area contributed by atoms with E-state index in [0.29, 0.717) is 13.0 Å². The molecule has 0 atom stereocenters. The maximum atomic E-state index is 11.5. The highest BCUT2D eigenvalue weighted by Crippen LogP contribution is 2.18. The standard InChI is InChI=1S/C15H20N2O/c1-2-9-16-15(18)8-11-17-10-7-13-5-3-4-6-14(13)12-17/h2-6H,1,7-12H2,(H,16,18). The number of carbonyl (C=O) groups is 1. The van der Waals surface area contributed by atoms with E-state index in [9.17, 15) is 4.79 Å². The second-order valence-corrected chi connectivity index (χ2v) is 4.64. The van der Waals surface area contributed by atoms with Gasteiger partial charge in [0.15, 0.2) is 0 Å². The van der Waals surface area contributed by atoms with Crippen LogP contribution in [0.15, 0.2) is 36.9 Å². The summed E-state index contributed by atoms with van der Waals surface area (Å²) in [4.78, 5) is 13.8. The molecule has 0 spiro atoms. The quantitative estimate of drug-likeness (QED) is 0.800. The first kappa shape index (κ1) is 12.8. The molecule has 96 valence electrons. The minimum absolute atomic E-state index is 0.105. The number of nitrogens with one attached hydrogen (secondary N) is 1. The number of carbonyl (C=O) groups excluding carboxylic acids is 1. The molecule has 1 aliphatic rings. The Kier molecular flexibility index (Phi) is 4.53. The largest absolute Gasteiger partial charge is 0.353 e. The van der Waals surface area contributed by atoms with E-state index in [0.717, 1.165) is 26.1 Å². The molecule has 18 heavy (non-hydrogen) atoms. The Morgan fingerprint density at radius 2 is 2.17 bits per heavy atom. The first-order valence-corrected chi connectivity index (χ1v) is 6.46. The van der Waals surface area contributed by atoms with Crippen molar-refractivity contribution < 1.29 is 4.79 Å². The highest BCUT2D eigenvalue weighted by molar-refractivity contribution is 5.76. The van der Waals surface area contributed by atoms with Gasteiger partial charge < -0.3 is 5.32 Å². The monoisotopic (exact) mass is 244 g/mol. The molecule has 1 heterocycles. The number of benzene rings is 1. The summed E-state index contributed by atoms with van der Waals surface area (Å²) < 4.78 is 0. The second-order valence-electron chi connectivity index (χ2n) is 4.64. The third-order valence-corrected chi connectivity index (χ3v) is 3.31. The molecule has 3 nitrogen and oxygen atoms in total. The minimum Gasteiger partial charge on any atom is -0.353 e. The Morgan fingerprint density at radius 1 is 1.39 bits per heavy atom. The molecule has 0 radical (unpaired) electrons. The zero-order valence-corrected chi connectivity index (χ0v) is 10.7. The van der Waals surface area contributed by atoms with Crippen LogP contribution in [0.25, 0.3) is 0 Å². The number of hydrogen-bond donors (Lipinski definition) is 1. The lowest BCUT2D eigenvalue weighted by molar-refractivity contribution is -0.121. The normalized spacial score (nSPS) is 14.9. The van der Waals surface area contributed by atoms with E-state index in [1.165, 1.54) is 11.1 Å². The molecule has 0 aliphatic carbocycles. The lowest BCUT2D eigenvalue weighted by Crippen LogP contribution is -2.34. The van der Waals surface area contributed by atoms with E-state index < -0.39 is 0 Å². The van der Waals surface area contributed by atoms with Crippen molar-refractivity contribution in [3.05, 3.63) is 48.0 Å². The number of rotatable bonds is 5. The fourth-order valence-corrected chi connectivity index (χ4v) is 2.28. The van der Waals surface area contributed by atoms with Gasteiger partial charge in [0.1, 0.15) is 0 Å². The Bertz CT molecular complexity index is 428. The van der Waals surface area contributed by atoms with Crippen LogP contribution in [0.2, 0.25) is 0 Å². The van der Waals surface area contributed by atoms with E-state index in [-0.39, 0.29) is 5.91 Å². The molecule has 2 rings (SSSR count). The zero-order chi connectivity index (χ0) is 12.8. The first-order valence-electron chi connectivity index (χ1n) is 6.46. The molecule has 0 unspecified atom stereocenters. The van der Waals surface area contributed by atoms with Gasteiger partial charge in [0.05, 0.1) is 0 Å². The molecule has 1 N–H and O–H groups in total. The predicted molar refractivity (Wildman–Crippen MR) is 73.2 cm³/mol. The van der Waals surface area contributed by atoms with Gasteiger partial charge in [-0.25, -0.2) is 0 Å². The van der Waals surface area contributed by atoms with Crippen molar-refractivity contribution in [1.29, 1.82) is 0 Å². The molecule has 0 bridgehead atoms. The molecule has 0 saturated carbocycles. The summed E-state index contributed by atoms with van der Waals surface area (Å²) in [6.45, 7) is 6.98. The molecule has 1 aliphatic heterocycles. The third-order valence-electron chi connectivity index (χ3n) is 3.31. The van der Waals surface area contributed by atoms with E-state index in [2.05, 4.69) is 41.1 Å². The highest BCUT2D eigenvalue weighted by Gasteiger charge is 2.15. The molecule has 1 aromatic rings. The maximum absolute atomic E-state index is 11.5. The highest BCUT2D eigenvalue weighted by atomic mass is 16.1. The fraction of sp³-hybridized carbons (Fsp3) is 0.400. The van der Waals surface area contributed by atoms with E-state index in [4.69, 9.17) is 0 Å². The summed E-state index contributed by atoms with van der Waals surface area (Å²) in [5.41, 5.74) is 2.85. The fourth-order valence-electron chi connectivity index (χ4n) is 2.28. The Morgan fingerprint density at radius 3 is 2.94 bits per heavy atom. The zero-order valence-electron chi connectivity index (χ0n) is 10.7. The van der Waals surface area contributed by atoms with Crippen LogP contribution >= 0.6 is 0 Å². The van der Waals surface area contributed by atoms with Crippen LogP contribution < -0.4 is 5.32 Å². The van der Waals surface area contributed by atoms with Crippen LogP contribution in [0.4, 0.5) is 0 Å². The second kappa shape index (κ2) is 6.36. The van der Waals surface area contributed by atoms with Crippen molar-refractivity contribution >= 4 is 5.91 Å². The van der Waals surface area contributed by atoms with Gasteiger partial charge in [0, 0.05) is 32.6 Å². The van der Waals surface area contributed by atoms with Crippen molar-refractivity contribution in [2.45, 2.75) is 19.4 Å². The Hall–Kier alpha value is -1.61. The van der Waals surface area contributed by atoms with Crippen molar-refractivity contribution in [2.24, 2.45) is 0 Å². The number of fused-ring (bicyclic) bond motifs is 1. The van der Waals surface area contributed by atoms with Crippen LogP contribution in [0.1, 0.15) is 17.5 Å². The van der Waals surface area contributed by atoms with E-state index >= 15 is 0 Å². The summed E-state index contributed by atoms with van der Waals surface area (Å²) in [5, 5.41) is 2.81. The molecule has 0 saturated heterocycles. The van der Waals surface area contributed by atoms with E-state index in [1.807, 2.05) is 0 Å². The van der Waals surface area contributed by atoms with Crippen LogP contribution in [-0.2, 0) is 17.8 Å². The molecule has 0 fully saturated rings. The molecule has 1 aromatic carbocycles. The van der Waals surface area contributed by atoms with Crippen LogP contribution in [0, 0.1) is 0 Å². The van der Waals surface area contributed by atoms with Gasteiger partial charge in [-0.15, -0.1) is 6.58 Å². The molecule has 3 heteroatoms. The summed E-state index contributed by atoms with van der Waals surface area (Å²) in [6.07, 6.45) is 3.36. The smallest absolute Gasteiger partial charge is 0.221 e. The van der Waals surface area contributed by atoms with Crippen molar-refractivity contribution in [3.63, 3.8) is 0 Å². The molecular weight excluding hydrogens is 224 g/mol. The summed E-state index contributed by atoms with van der Waals surface area (Å²) in [5.74, 6) is 0.105. The van der Waals surface area contributed by atoms with Gasteiger partial charge in [-0.2, -0.15) is 0 Å². The molecule has 0 aromatic heterocycles. The van der Waals surface area contributed by atoms with Crippen molar-refractivity contribution in [1.82, 2.24) is 10.2 Å². The average molecular weight is 244 g/mol. The first-order chi connectivity index (χ1) is 8.79. The molecular formula is C15H20N2O. The van der Waals surface area contributed by atoms with Gasteiger partial charge in [-0.05, 0) is 17.5 Å². The SMILES string of the molecule is C=CCNC(=O)CCN1CCc2ccccc2C1. The average Bonchev–Trinajstić information content (AvgIpc) is 2.42. The van der Waals surface area contributed by atoms with Gasteiger partial charge in [0.2, 0.25) is 5.91 Å². The van der Waals surface area contributed by atoms with Crippen LogP contribution in [-0.4, -0.2) is 30.4 Å². The van der Waals surface area contributed by atoms with Gasteiger partial charge >= 0.3 is 0 Å². The van der Waals surface area contributed by atoms with Crippen molar-refractivity contribution in [2.75, 3.05) is 19.6 Å². The molecule has 1 amide bonds. The van der Waals surface area contributed by atoms with Gasteiger partial charge in [0.25, 0.3) is 0 Å². The maximum Gasteiger partial charge on any atom is 0.221 e. The lowest BCUT2D eigenvalue weighted by atomic mass is 10.00. The number of hydrogen-bond acceptors (Lipinski definition) is 2.